The van der Waals surface area contributed by atoms with Crippen LogP contribution >= 0.6 is 12.6 Å². The van der Waals surface area contributed by atoms with E-state index in [2.05, 4.69) is 12.6 Å². The molecular formula is C11H16O7S. The van der Waals surface area contributed by atoms with Crippen LogP contribution in [0.3, 0.4) is 0 Å². The van der Waals surface area contributed by atoms with E-state index >= 15 is 0 Å². The van der Waals surface area contributed by atoms with Gasteiger partial charge < -0.3 is 18.9 Å². The average molecular weight is 292 g/mol. The Hall–Kier alpha value is -1.28. The van der Waals surface area contributed by atoms with E-state index in [-0.39, 0.29) is 6.61 Å². The largest absolute Gasteiger partial charge is 0.456 e. The highest BCUT2D eigenvalue weighted by Gasteiger charge is 2.45. The fourth-order valence-electron chi connectivity index (χ4n) is 1.72. The van der Waals surface area contributed by atoms with Crippen molar-refractivity contribution in [2.45, 2.75) is 44.5 Å². The Kier molecular flexibility index (Phi) is 5.61. The zero-order chi connectivity index (χ0) is 14.6. The van der Waals surface area contributed by atoms with Crippen LogP contribution in [-0.4, -0.2) is 48.3 Å². The summed E-state index contributed by atoms with van der Waals surface area (Å²) in [5.41, 5.74) is -0.764. The van der Waals surface area contributed by atoms with Crippen LogP contribution in [0.1, 0.15) is 20.8 Å². The Labute approximate surface area is 115 Å². The number of ether oxygens (including phenoxy) is 4. The number of esters is 3. The lowest BCUT2D eigenvalue weighted by molar-refractivity contribution is -0.213. The SMILES string of the molecule is CC(=O)O[C@H]1[C@H](OC(C)=O)COC(S)[C@@H]1OC(C)=O. The van der Waals surface area contributed by atoms with Gasteiger partial charge in [0.05, 0.1) is 6.61 Å². The van der Waals surface area contributed by atoms with Crippen molar-refractivity contribution < 1.29 is 33.3 Å². The highest BCUT2D eigenvalue weighted by atomic mass is 32.1. The number of carbonyl (C=O) groups excluding carboxylic acids is 3. The molecule has 1 aliphatic heterocycles. The van der Waals surface area contributed by atoms with E-state index in [9.17, 15) is 14.4 Å². The highest BCUT2D eigenvalue weighted by Crippen LogP contribution is 2.26. The predicted octanol–water partition coefficient (Wildman–Crippen LogP) is 0.0676. The predicted molar refractivity (Wildman–Crippen MR) is 65.4 cm³/mol. The fraction of sp³-hybridized carbons (Fsp3) is 0.727. The van der Waals surface area contributed by atoms with Crippen LogP contribution in [0, 0.1) is 0 Å². The first-order valence-corrected chi connectivity index (χ1v) is 6.14. The molecule has 0 saturated carbocycles. The second kappa shape index (κ2) is 6.76. The third kappa shape index (κ3) is 4.71. The number of hydrogen-bond donors (Lipinski definition) is 1. The Morgan fingerprint density at radius 3 is 1.89 bits per heavy atom. The van der Waals surface area contributed by atoms with Crippen LogP contribution in [-0.2, 0) is 33.3 Å². The van der Waals surface area contributed by atoms with Crippen molar-refractivity contribution in [2.24, 2.45) is 0 Å². The maximum absolute atomic E-state index is 11.1. The van der Waals surface area contributed by atoms with Crippen molar-refractivity contribution in [1.29, 1.82) is 0 Å². The van der Waals surface area contributed by atoms with Crippen molar-refractivity contribution in [3.05, 3.63) is 0 Å². The van der Waals surface area contributed by atoms with Gasteiger partial charge in [0.25, 0.3) is 0 Å². The lowest BCUT2D eigenvalue weighted by Gasteiger charge is -2.38. The molecule has 0 aromatic carbocycles. The molecule has 1 saturated heterocycles. The molecule has 1 heterocycles. The molecule has 4 atom stereocenters. The van der Waals surface area contributed by atoms with E-state index in [4.69, 9.17) is 18.9 Å². The Balaban J connectivity index is 2.89. The third-order valence-corrected chi connectivity index (χ3v) is 2.77. The molecule has 1 aliphatic rings. The summed E-state index contributed by atoms with van der Waals surface area (Å²) in [6.45, 7) is 3.64. The van der Waals surface area contributed by atoms with E-state index < -0.39 is 41.7 Å². The summed E-state index contributed by atoms with van der Waals surface area (Å²) in [6.07, 6.45) is -2.72. The van der Waals surface area contributed by atoms with E-state index in [1.165, 1.54) is 20.8 Å². The topological polar surface area (TPSA) is 88.1 Å². The van der Waals surface area contributed by atoms with E-state index in [1.54, 1.807) is 0 Å². The molecule has 1 unspecified atom stereocenters. The summed E-state index contributed by atoms with van der Waals surface area (Å²) in [6, 6.07) is 0. The lowest BCUT2D eigenvalue weighted by Crippen LogP contribution is -2.55. The van der Waals surface area contributed by atoms with Gasteiger partial charge in [0.1, 0.15) is 5.44 Å². The molecule has 108 valence electrons. The van der Waals surface area contributed by atoms with E-state index in [1.807, 2.05) is 0 Å². The van der Waals surface area contributed by atoms with Crippen molar-refractivity contribution in [2.75, 3.05) is 6.61 Å². The average Bonchev–Trinajstić information content (AvgIpc) is 2.25. The first-order valence-electron chi connectivity index (χ1n) is 5.62. The highest BCUT2D eigenvalue weighted by molar-refractivity contribution is 7.80. The molecule has 0 aromatic rings. The van der Waals surface area contributed by atoms with Gasteiger partial charge >= 0.3 is 17.9 Å². The van der Waals surface area contributed by atoms with Gasteiger partial charge in [-0.3, -0.25) is 14.4 Å². The monoisotopic (exact) mass is 292 g/mol. The van der Waals surface area contributed by atoms with Crippen molar-refractivity contribution in [1.82, 2.24) is 0 Å². The standard InChI is InChI=1S/C11H16O7S/c1-5(12)16-8-4-15-11(19)10(18-7(3)14)9(8)17-6(2)13/h8-11,19H,4H2,1-3H3/t8-,9+,10-,11?/m1/s1. The molecule has 0 aliphatic carbocycles. The van der Waals surface area contributed by atoms with Crippen LogP contribution in [0.15, 0.2) is 0 Å². The zero-order valence-corrected chi connectivity index (χ0v) is 11.7. The van der Waals surface area contributed by atoms with Crippen LogP contribution in [0.25, 0.3) is 0 Å². The maximum Gasteiger partial charge on any atom is 0.303 e. The molecule has 0 aromatic heterocycles. The second-order valence-electron chi connectivity index (χ2n) is 4.02. The van der Waals surface area contributed by atoms with Crippen LogP contribution in [0.4, 0.5) is 0 Å². The zero-order valence-electron chi connectivity index (χ0n) is 10.8. The molecule has 0 N–H and O–H groups in total. The van der Waals surface area contributed by atoms with Gasteiger partial charge in [0.2, 0.25) is 0 Å². The van der Waals surface area contributed by atoms with Crippen LogP contribution < -0.4 is 0 Å². The Morgan fingerprint density at radius 2 is 1.42 bits per heavy atom. The molecule has 0 bridgehead atoms. The van der Waals surface area contributed by atoms with E-state index in [0.29, 0.717) is 0 Å². The number of rotatable bonds is 3. The fourth-order valence-corrected chi connectivity index (χ4v) is 2.04. The van der Waals surface area contributed by atoms with Crippen molar-refractivity contribution in [3.63, 3.8) is 0 Å². The normalized spacial score (nSPS) is 30.3. The van der Waals surface area contributed by atoms with Gasteiger partial charge in [-0.15, -0.1) is 12.6 Å². The maximum atomic E-state index is 11.1. The van der Waals surface area contributed by atoms with Crippen molar-refractivity contribution >= 4 is 30.5 Å². The molecule has 1 fully saturated rings. The van der Waals surface area contributed by atoms with Crippen LogP contribution in [0.5, 0.6) is 0 Å². The van der Waals surface area contributed by atoms with Gasteiger partial charge in [-0.05, 0) is 0 Å². The van der Waals surface area contributed by atoms with Gasteiger partial charge in [-0.25, -0.2) is 0 Å². The number of thiol groups is 1. The molecule has 8 heteroatoms. The Morgan fingerprint density at radius 1 is 0.947 bits per heavy atom. The number of hydrogen-bond acceptors (Lipinski definition) is 8. The molecule has 1 rings (SSSR count). The minimum absolute atomic E-state index is 0.00343. The summed E-state index contributed by atoms with van der Waals surface area (Å²) < 4.78 is 20.3. The smallest absolute Gasteiger partial charge is 0.303 e. The third-order valence-electron chi connectivity index (χ3n) is 2.32. The van der Waals surface area contributed by atoms with E-state index in [0.717, 1.165) is 0 Å². The minimum Gasteiger partial charge on any atom is -0.456 e. The molecule has 0 amide bonds. The Bertz CT molecular complexity index is 370. The second-order valence-corrected chi connectivity index (χ2v) is 4.53. The molecule has 0 radical (unpaired) electrons. The summed E-state index contributed by atoms with van der Waals surface area (Å²) >= 11 is 4.11. The molecule has 0 spiro atoms. The summed E-state index contributed by atoms with van der Waals surface area (Å²) in [5, 5.41) is 0. The molecule has 19 heavy (non-hydrogen) atoms. The van der Waals surface area contributed by atoms with Gasteiger partial charge in [-0.1, -0.05) is 0 Å². The lowest BCUT2D eigenvalue weighted by atomic mass is 10.1. The summed E-state index contributed by atoms with van der Waals surface area (Å²) in [7, 11) is 0. The summed E-state index contributed by atoms with van der Waals surface area (Å²) in [4.78, 5) is 33.2. The quantitative estimate of drug-likeness (QED) is 0.447. The van der Waals surface area contributed by atoms with Crippen molar-refractivity contribution in [3.8, 4) is 0 Å². The van der Waals surface area contributed by atoms with Gasteiger partial charge in [0, 0.05) is 20.8 Å². The van der Waals surface area contributed by atoms with Crippen LogP contribution in [0.2, 0.25) is 0 Å². The molecular weight excluding hydrogens is 276 g/mol. The van der Waals surface area contributed by atoms with Gasteiger partial charge in [-0.2, -0.15) is 0 Å². The first kappa shape index (κ1) is 15.8. The minimum atomic E-state index is -0.943. The molecule has 7 nitrogen and oxygen atoms in total. The summed E-state index contributed by atoms with van der Waals surface area (Å²) in [5.74, 6) is -1.71. The first-order chi connectivity index (χ1) is 8.81. The number of carbonyl (C=O) groups is 3. The van der Waals surface area contributed by atoms with Gasteiger partial charge in [0.15, 0.2) is 18.3 Å².